The van der Waals surface area contributed by atoms with Crippen LogP contribution in [0.25, 0.3) is 66.9 Å². The number of aromatic nitrogens is 6. The van der Waals surface area contributed by atoms with Crippen molar-refractivity contribution in [1.29, 1.82) is 0 Å². The Bertz CT molecular complexity index is 3150. The van der Waals surface area contributed by atoms with Crippen LogP contribution in [0.15, 0.2) is 148 Å². The highest BCUT2D eigenvalue weighted by molar-refractivity contribution is 5.88. The molecule has 0 saturated heterocycles. The number of hydrogen-bond acceptors (Lipinski definition) is 9. The van der Waals surface area contributed by atoms with Crippen LogP contribution in [0.2, 0.25) is 0 Å². The summed E-state index contributed by atoms with van der Waals surface area (Å²) in [5.41, 5.74) is 1.81. The standard InChI is InChI=1S/C18H18N2O4.C14H8F2N2O.C14H9FN2O/c1-22-10-11-24-14-9-8-13-15(16(14)23-2)19-17(20-18(13)21)12-6-4-3-5-7-12;15-9-6-10(16)12-11(7-9)17-13(18-14(12)19)8-4-2-1-3-5-8;15-10-7-4-8-11-12(10)14(18)17-13(16-11)9-5-2-1-3-6-9/h3-9H,10-11H2,1-2H3,(H,19,20,21);1-7H,(H,17,18,19);1-8H,(H,16,17,18). The zero-order valence-corrected chi connectivity index (χ0v) is 32.5. The number of aromatic amines is 3. The lowest BCUT2D eigenvalue weighted by molar-refractivity contribution is 0.144. The van der Waals surface area contributed by atoms with Crippen LogP contribution in [0.5, 0.6) is 11.5 Å². The molecule has 0 unspecified atom stereocenters. The minimum absolute atomic E-state index is 0.0000954. The van der Waals surface area contributed by atoms with Crippen LogP contribution in [0.4, 0.5) is 13.2 Å². The molecule has 15 heteroatoms. The Kier molecular flexibility index (Phi) is 12.7. The quantitative estimate of drug-likeness (QED) is 0.128. The normalized spacial score (nSPS) is 10.8. The second-order valence-electron chi connectivity index (χ2n) is 13.1. The first kappa shape index (κ1) is 41.3. The summed E-state index contributed by atoms with van der Waals surface area (Å²) >= 11 is 0. The third kappa shape index (κ3) is 9.37. The Balaban J connectivity index is 0.000000140. The van der Waals surface area contributed by atoms with Gasteiger partial charge in [0.2, 0.25) is 0 Å². The lowest BCUT2D eigenvalue weighted by Crippen LogP contribution is -2.11. The van der Waals surface area contributed by atoms with Crippen LogP contribution in [0, 0.1) is 17.5 Å². The van der Waals surface area contributed by atoms with Crippen molar-refractivity contribution < 1.29 is 27.4 Å². The fraction of sp³-hybridized carbons (Fsp3) is 0.0870. The number of fused-ring (bicyclic) bond motifs is 3. The van der Waals surface area contributed by atoms with Crippen LogP contribution in [0.1, 0.15) is 0 Å². The Hall–Kier alpha value is -7.91. The second kappa shape index (κ2) is 18.8. The number of hydrogen-bond donors (Lipinski definition) is 3. The van der Waals surface area contributed by atoms with E-state index >= 15 is 0 Å². The molecule has 0 aliphatic carbocycles. The first-order chi connectivity index (χ1) is 29.6. The van der Waals surface area contributed by atoms with Gasteiger partial charge in [0.1, 0.15) is 57.8 Å². The Morgan fingerprint density at radius 3 is 1.61 bits per heavy atom. The first-order valence-corrected chi connectivity index (χ1v) is 18.6. The van der Waals surface area contributed by atoms with Gasteiger partial charge in [-0.05, 0) is 24.3 Å². The third-order valence-corrected chi connectivity index (χ3v) is 9.09. The summed E-state index contributed by atoms with van der Waals surface area (Å²) in [4.78, 5) is 56.9. The molecule has 306 valence electrons. The topological polar surface area (TPSA) is 165 Å². The Labute approximate surface area is 344 Å². The molecule has 61 heavy (non-hydrogen) atoms. The fourth-order valence-corrected chi connectivity index (χ4v) is 6.25. The van der Waals surface area contributed by atoms with Crippen LogP contribution in [0.3, 0.4) is 0 Å². The van der Waals surface area contributed by atoms with E-state index in [2.05, 4.69) is 29.9 Å². The van der Waals surface area contributed by atoms with Gasteiger partial charge < -0.3 is 29.2 Å². The molecule has 3 N–H and O–H groups in total. The number of methoxy groups -OCH3 is 2. The average Bonchev–Trinajstić information content (AvgIpc) is 3.27. The molecule has 0 saturated carbocycles. The minimum atomic E-state index is -0.914. The molecule has 0 aliphatic heterocycles. The summed E-state index contributed by atoms with van der Waals surface area (Å²) in [6.45, 7) is 0.840. The third-order valence-electron chi connectivity index (χ3n) is 9.09. The van der Waals surface area contributed by atoms with E-state index in [9.17, 15) is 27.6 Å². The molecule has 9 rings (SSSR count). The maximum absolute atomic E-state index is 13.5. The fourth-order valence-electron chi connectivity index (χ4n) is 6.25. The molecule has 0 amide bonds. The van der Waals surface area contributed by atoms with Gasteiger partial charge in [0.25, 0.3) is 16.7 Å². The van der Waals surface area contributed by atoms with Gasteiger partial charge in [0.05, 0.1) is 30.1 Å². The maximum Gasteiger partial charge on any atom is 0.262 e. The molecule has 0 radical (unpaired) electrons. The van der Waals surface area contributed by atoms with E-state index in [0.29, 0.717) is 64.4 Å². The van der Waals surface area contributed by atoms with E-state index in [1.54, 1.807) is 55.6 Å². The Morgan fingerprint density at radius 2 is 1.05 bits per heavy atom. The van der Waals surface area contributed by atoms with Crippen LogP contribution >= 0.6 is 0 Å². The molecule has 0 bridgehead atoms. The highest BCUT2D eigenvalue weighted by Gasteiger charge is 2.16. The zero-order valence-electron chi connectivity index (χ0n) is 32.5. The van der Waals surface area contributed by atoms with Crippen molar-refractivity contribution in [1.82, 2.24) is 29.9 Å². The van der Waals surface area contributed by atoms with Crippen molar-refractivity contribution in [3.05, 3.63) is 182 Å². The SMILES string of the molecule is COCCOc1ccc2c(=O)[nH]c(-c3ccccc3)nc2c1OC.O=c1[nH]c(-c2ccccc2)nc2cc(F)cc(F)c12.O=c1[nH]c(-c2ccccc2)nc2cccc(F)c12. The summed E-state index contributed by atoms with van der Waals surface area (Å²) in [5.74, 6) is -0.0559. The highest BCUT2D eigenvalue weighted by atomic mass is 19.1. The number of rotatable bonds is 8. The predicted octanol–water partition coefficient (Wildman–Crippen LogP) is 8.22. The van der Waals surface area contributed by atoms with Crippen LogP contribution in [-0.4, -0.2) is 57.3 Å². The van der Waals surface area contributed by atoms with Gasteiger partial charge in [0.15, 0.2) is 11.5 Å². The van der Waals surface area contributed by atoms with E-state index in [0.717, 1.165) is 17.2 Å². The van der Waals surface area contributed by atoms with Gasteiger partial charge in [-0.3, -0.25) is 14.4 Å². The molecule has 12 nitrogen and oxygen atoms in total. The molecule has 6 aromatic carbocycles. The summed E-state index contributed by atoms with van der Waals surface area (Å²) in [6.07, 6.45) is 0. The van der Waals surface area contributed by atoms with E-state index < -0.39 is 28.6 Å². The van der Waals surface area contributed by atoms with Crippen molar-refractivity contribution in [3.8, 4) is 45.7 Å². The van der Waals surface area contributed by atoms with Crippen LogP contribution < -0.4 is 26.2 Å². The van der Waals surface area contributed by atoms with Crippen molar-refractivity contribution in [2.75, 3.05) is 27.4 Å². The van der Waals surface area contributed by atoms with E-state index in [1.807, 2.05) is 66.7 Å². The van der Waals surface area contributed by atoms with Gasteiger partial charge >= 0.3 is 0 Å². The largest absolute Gasteiger partial charge is 0.491 e. The molecule has 0 aliphatic rings. The van der Waals surface area contributed by atoms with Gasteiger partial charge in [0, 0.05) is 35.9 Å². The minimum Gasteiger partial charge on any atom is -0.491 e. The van der Waals surface area contributed by atoms with Gasteiger partial charge in [-0.15, -0.1) is 0 Å². The van der Waals surface area contributed by atoms with E-state index in [4.69, 9.17) is 14.2 Å². The lowest BCUT2D eigenvalue weighted by atomic mass is 10.1. The number of benzene rings is 6. The van der Waals surface area contributed by atoms with Crippen molar-refractivity contribution in [2.24, 2.45) is 0 Å². The van der Waals surface area contributed by atoms with E-state index in [-0.39, 0.29) is 27.7 Å². The van der Waals surface area contributed by atoms with Crippen molar-refractivity contribution in [2.45, 2.75) is 0 Å². The molecular formula is C46H35F3N6O6. The number of ether oxygens (including phenoxy) is 3. The number of nitrogens with zero attached hydrogens (tertiary/aromatic N) is 3. The molecular weight excluding hydrogens is 790 g/mol. The van der Waals surface area contributed by atoms with Crippen molar-refractivity contribution >= 4 is 32.7 Å². The molecule has 0 spiro atoms. The predicted molar refractivity (Wildman–Crippen MR) is 227 cm³/mol. The molecule has 0 atom stereocenters. The molecule has 0 fully saturated rings. The first-order valence-electron chi connectivity index (χ1n) is 18.6. The smallest absolute Gasteiger partial charge is 0.262 e. The van der Waals surface area contributed by atoms with E-state index in [1.165, 1.54) is 13.2 Å². The second-order valence-corrected chi connectivity index (χ2v) is 13.1. The van der Waals surface area contributed by atoms with Crippen molar-refractivity contribution in [3.63, 3.8) is 0 Å². The average molecular weight is 825 g/mol. The highest BCUT2D eigenvalue weighted by Crippen LogP contribution is 2.34. The summed E-state index contributed by atoms with van der Waals surface area (Å²) < 4.78 is 56.3. The molecule has 3 heterocycles. The number of H-pyrrole nitrogens is 3. The maximum atomic E-state index is 13.5. The molecule has 9 aromatic rings. The molecule has 3 aromatic heterocycles. The summed E-state index contributed by atoms with van der Waals surface area (Å²) in [7, 11) is 3.14. The zero-order chi connectivity index (χ0) is 42.9. The number of halogens is 3. The van der Waals surface area contributed by atoms with Crippen LogP contribution in [-0.2, 0) is 4.74 Å². The van der Waals surface area contributed by atoms with Gasteiger partial charge in [-0.25, -0.2) is 28.1 Å². The lowest BCUT2D eigenvalue weighted by Gasteiger charge is -2.12. The van der Waals surface area contributed by atoms with Gasteiger partial charge in [-0.1, -0.05) is 97.1 Å². The summed E-state index contributed by atoms with van der Waals surface area (Å²) in [5, 5.41) is 0.212. The Morgan fingerprint density at radius 1 is 0.525 bits per heavy atom. The van der Waals surface area contributed by atoms with Gasteiger partial charge in [-0.2, -0.15) is 0 Å². The number of nitrogens with one attached hydrogen (secondary N) is 3. The monoisotopic (exact) mass is 824 g/mol. The summed E-state index contributed by atoms with van der Waals surface area (Å²) in [6, 6.07) is 37.1.